The van der Waals surface area contributed by atoms with Gasteiger partial charge in [-0.15, -0.1) is 22.7 Å². The van der Waals surface area contributed by atoms with E-state index in [9.17, 15) is 0 Å². The van der Waals surface area contributed by atoms with Crippen molar-refractivity contribution in [3.8, 4) is 22.3 Å². The highest BCUT2D eigenvalue weighted by atomic mass is 32.1. The molecule has 2 aromatic heterocycles. The highest BCUT2D eigenvalue weighted by molar-refractivity contribution is 7.26. The van der Waals surface area contributed by atoms with E-state index in [1.165, 1.54) is 73.4 Å². The summed E-state index contributed by atoms with van der Waals surface area (Å²) in [6.45, 7) is 0. The highest BCUT2D eigenvalue weighted by Gasteiger charge is 2.17. The largest absolute Gasteiger partial charge is 0.310 e. The van der Waals surface area contributed by atoms with E-state index in [0.717, 1.165) is 17.1 Å². The zero-order chi connectivity index (χ0) is 32.3. The number of nitrogens with zero attached hydrogens (tertiary/aromatic N) is 1. The Hall–Kier alpha value is -5.74. The van der Waals surface area contributed by atoms with Crippen LogP contribution in [0.2, 0.25) is 0 Å². The molecule has 0 amide bonds. The van der Waals surface area contributed by atoms with Crippen LogP contribution in [0.1, 0.15) is 0 Å². The van der Waals surface area contributed by atoms with E-state index >= 15 is 0 Å². The molecular weight excluding hydrogens is 631 g/mol. The molecule has 2 heterocycles. The number of hydrogen-bond acceptors (Lipinski definition) is 3. The van der Waals surface area contributed by atoms with Crippen LogP contribution in [0.3, 0.4) is 0 Å². The molecule has 10 aromatic rings. The molecule has 0 radical (unpaired) electrons. The molecule has 49 heavy (non-hydrogen) atoms. The van der Waals surface area contributed by atoms with Gasteiger partial charge in [-0.3, -0.25) is 0 Å². The van der Waals surface area contributed by atoms with Gasteiger partial charge in [0.05, 0.1) is 0 Å². The summed E-state index contributed by atoms with van der Waals surface area (Å²) in [5, 5.41) is 7.80. The van der Waals surface area contributed by atoms with Gasteiger partial charge in [-0.1, -0.05) is 115 Å². The molecule has 10 rings (SSSR count). The summed E-state index contributed by atoms with van der Waals surface area (Å²) in [7, 11) is 0. The molecule has 0 atom stereocenters. The summed E-state index contributed by atoms with van der Waals surface area (Å²) in [4.78, 5) is 2.39. The molecule has 0 saturated heterocycles. The van der Waals surface area contributed by atoms with Crippen LogP contribution in [0.4, 0.5) is 17.1 Å². The third kappa shape index (κ3) is 4.82. The monoisotopic (exact) mass is 659 g/mol. The minimum absolute atomic E-state index is 1.12. The van der Waals surface area contributed by atoms with Gasteiger partial charge < -0.3 is 4.90 Å². The number of rotatable bonds is 5. The number of anilines is 3. The van der Waals surface area contributed by atoms with Crippen LogP contribution in [-0.4, -0.2) is 0 Å². The molecule has 0 aliphatic heterocycles. The van der Waals surface area contributed by atoms with Gasteiger partial charge in [0.1, 0.15) is 0 Å². The van der Waals surface area contributed by atoms with Crippen LogP contribution in [0.25, 0.3) is 73.4 Å². The average Bonchev–Trinajstić information content (AvgIpc) is 3.73. The van der Waals surface area contributed by atoms with Gasteiger partial charge in [0.15, 0.2) is 0 Å². The smallest absolute Gasteiger partial charge is 0.0468 e. The van der Waals surface area contributed by atoms with Crippen LogP contribution < -0.4 is 4.90 Å². The lowest BCUT2D eigenvalue weighted by atomic mass is 10.0. The SMILES string of the molecule is c1ccc(-c2cccc(N(c3ccc(-c4cccc5c4sc4ccccc45)cc3)c3ccc4cc5sc6ccccc6c5cc4c3)c2)cc1. The van der Waals surface area contributed by atoms with E-state index in [-0.39, 0.29) is 0 Å². The van der Waals surface area contributed by atoms with Gasteiger partial charge in [-0.2, -0.15) is 0 Å². The molecule has 0 saturated carbocycles. The first kappa shape index (κ1) is 28.3. The second-order valence-corrected chi connectivity index (χ2v) is 14.7. The second kappa shape index (κ2) is 11.5. The van der Waals surface area contributed by atoms with Crippen molar-refractivity contribution in [1.29, 1.82) is 0 Å². The summed E-state index contributed by atoms with van der Waals surface area (Å²) in [6, 6.07) is 64.4. The van der Waals surface area contributed by atoms with E-state index in [4.69, 9.17) is 0 Å². The summed E-state index contributed by atoms with van der Waals surface area (Å²) in [6.07, 6.45) is 0. The van der Waals surface area contributed by atoms with Crippen molar-refractivity contribution in [3.63, 3.8) is 0 Å². The van der Waals surface area contributed by atoms with E-state index in [1.54, 1.807) is 0 Å². The maximum absolute atomic E-state index is 2.39. The van der Waals surface area contributed by atoms with Gasteiger partial charge >= 0.3 is 0 Å². The van der Waals surface area contributed by atoms with Gasteiger partial charge in [-0.05, 0) is 93.7 Å². The fraction of sp³-hybridized carbons (Fsp3) is 0. The third-order valence-corrected chi connectivity index (χ3v) is 12.0. The first-order valence-electron chi connectivity index (χ1n) is 16.6. The first-order chi connectivity index (χ1) is 24.3. The lowest BCUT2D eigenvalue weighted by Crippen LogP contribution is -2.10. The van der Waals surface area contributed by atoms with Crippen molar-refractivity contribution in [3.05, 3.63) is 176 Å². The Morgan fingerprint density at radius 3 is 1.82 bits per heavy atom. The zero-order valence-electron chi connectivity index (χ0n) is 26.5. The Kier molecular flexibility index (Phi) is 6.61. The molecular formula is C46H29NS2. The fourth-order valence-electron chi connectivity index (χ4n) is 7.26. The summed E-state index contributed by atoms with van der Waals surface area (Å²) in [5.74, 6) is 0. The van der Waals surface area contributed by atoms with Crippen molar-refractivity contribution >= 4 is 90.9 Å². The molecule has 0 N–H and O–H groups in total. The van der Waals surface area contributed by atoms with E-state index in [1.807, 2.05) is 22.7 Å². The Bertz CT molecular complexity index is 2830. The van der Waals surface area contributed by atoms with Crippen LogP contribution >= 0.6 is 22.7 Å². The molecule has 0 aliphatic carbocycles. The predicted molar refractivity (Wildman–Crippen MR) is 215 cm³/mol. The molecule has 0 aliphatic rings. The maximum atomic E-state index is 2.39. The average molecular weight is 660 g/mol. The van der Waals surface area contributed by atoms with Crippen molar-refractivity contribution in [2.45, 2.75) is 0 Å². The van der Waals surface area contributed by atoms with E-state index in [0.29, 0.717) is 0 Å². The van der Waals surface area contributed by atoms with Crippen molar-refractivity contribution < 1.29 is 0 Å². The standard InChI is InChI=1S/C46H29NS2/c1-2-10-30(11-3-1)32-12-8-13-36(26-32)47(37-25-22-33-29-45-42(28-34(33)27-37)40-15-5-6-18-43(40)48-45)35-23-20-31(21-24-35)38-16-9-17-41-39-14-4-7-19-44(39)49-46(38)41/h1-29H. The molecule has 8 aromatic carbocycles. The van der Waals surface area contributed by atoms with Gasteiger partial charge in [0.25, 0.3) is 0 Å². The maximum Gasteiger partial charge on any atom is 0.0468 e. The fourth-order valence-corrected chi connectivity index (χ4v) is 9.64. The summed E-state index contributed by atoms with van der Waals surface area (Å²) >= 11 is 3.75. The normalized spacial score (nSPS) is 11.7. The van der Waals surface area contributed by atoms with Crippen molar-refractivity contribution in [2.75, 3.05) is 4.90 Å². The molecule has 0 fully saturated rings. The number of thiophene rings is 2. The highest BCUT2D eigenvalue weighted by Crippen LogP contribution is 2.43. The molecule has 0 bridgehead atoms. The quantitative estimate of drug-likeness (QED) is 0.178. The summed E-state index contributed by atoms with van der Waals surface area (Å²) in [5.41, 5.74) is 8.30. The minimum Gasteiger partial charge on any atom is -0.310 e. The number of benzene rings is 8. The van der Waals surface area contributed by atoms with Crippen molar-refractivity contribution in [1.82, 2.24) is 0 Å². The second-order valence-electron chi connectivity index (χ2n) is 12.6. The third-order valence-electron chi connectivity index (χ3n) is 9.63. The van der Waals surface area contributed by atoms with Crippen LogP contribution in [0.15, 0.2) is 176 Å². The predicted octanol–water partition coefficient (Wildman–Crippen LogP) is 14.4. The summed E-state index contributed by atoms with van der Waals surface area (Å²) < 4.78 is 5.33. The van der Waals surface area contributed by atoms with Crippen LogP contribution in [0.5, 0.6) is 0 Å². The Balaban J connectivity index is 1.13. The van der Waals surface area contributed by atoms with Gasteiger partial charge in [0.2, 0.25) is 0 Å². The van der Waals surface area contributed by atoms with Crippen LogP contribution in [0, 0.1) is 0 Å². The van der Waals surface area contributed by atoms with Crippen LogP contribution in [-0.2, 0) is 0 Å². The van der Waals surface area contributed by atoms with E-state index in [2.05, 4.69) is 181 Å². The topological polar surface area (TPSA) is 3.24 Å². The Labute approximate surface area is 292 Å². The number of hydrogen-bond donors (Lipinski definition) is 0. The molecule has 230 valence electrons. The Morgan fingerprint density at radius 1 is 0.327 bits per heavy atom. The molecule has 3 heteroatoms. The zero-order valence-corrected chi connectivity index (χ0v) is 28.1. The minimum atomic E-state index is 1.12. The lowest BCUT2D eigenvalue weighted by Gasteiger charge is -2.26. The molecule has 0 spiro atoms. The molecule has 0 unspecified atom stereocenters. The molecule has 1 nitrogen and oxygen atoms in total. The first-order valence-corrected chi connectivity index (χ1v) is 18.2. The lowest BCUT2D eigenvalue weighted by molar-refractivity contribution is 1.29. The Morgan fingerprint density at radius 2 is 0.980 bits per heavy atom. The van der Waals surface area contributed by atoms with Gasteiger partial charge in [-0.25, -0.2) is 0 Å². The van der Waals surface area contributed by atoms with Crippen molar-refractivity contribution in [2.24, 2.45) is 0 Å². The van der Waals surface area contributed by atoms with Gasteiger partial charge in [0, 0.05) is 57.4 Å². The van der Waals surface area contributed by atoms with E-state index < -0.39 is 0 Å². The number of fused-ring (bicyclic) bond motifs is 7.